The third-order valence-corrected chi connectivity index (χ3v) is 4.05. The van der Waals surface area contributed by atoms with E-state index in [2.05, 4.69) is 10.6 Å². The van der Waals surface area contributed by atoms with E-state index in [-0.39, 0.29) is 30.0 Å². The van der Waals surface area contributed by atoms with Gasteiger partial charge in [-0.3, -0.25) is 14.5 Å². The van der Waals surface area contributed by atoms with Crippen LogP contribution in [0.3, 0.4) is 0 Å². The zero-order valence-corrected chi connectivity index (χ0v) is 11.9. The number of primary amides is 1. The van der Waals surface area contributed by atoms with Gasteiger partial charge in [-0.2, -0.15) is 0 Å². The number of piperidine rings is 1. The Morgan fingerprint density at radius 2 is 2.10 bits per heavy atom. The molecule has 2 rings (SSSR count). The van der Waals surface area contributed by atoms with E-state index in [0.717, 1.165) is 38.9 Å². The number of carbonyl (C=O) groups excluding carboxylic acids is 2. The highest BCUT2D eigenvalue weighted by atomic mass is 16.5. The van der Waals surface area contributed by atoms with Crippen LogP contribution in [0.25, 0.3) is 0 Å². The molecule has 0 aromatic carbocycles. The van der Waals surface area contributed by atoms with Crippen LogP contribution in [0.1, 0.15) is 19.3 Å². The van der Waals surface area contributed by atoms with E-state index in [1.165, 1.54) is 0 Å². The van der Waals surface area contributed by atoms with Crippen LogP contribution < -0.4 is 16.4 Å². The van der Waals surface area contributed by atoms with Gasteiger partial charge in [0, 0.05) is 32.8 Å². The van der Waals surface area contributed by atoms with Crippen molar-refractivity contribution in [3.63, 3.8) is 0 Å². The summed E-state index contributed by atoms with van der Waals surface area (Å²) in [5, 5.41) is 6.25. The molecule has 2 amide bonds. The third-order valence-electron chi connectivity index (χ3n) is 4.05. The average Bonchev–Trinajstić information content (AvgIpc) is 2.89. The molecule has 4 N–H and O–H groups in total. The van der Waals surface area contributed by atoms with Crippen molar-refractivity contribution in [1.82, 2.24) is 15.5 Å². The maximum absolute atomic E-state index is 12.1. The van der Waals surface area contributed by atoms with Crippen LogP contribution in [0.5, 0.6) is 0 Å². The fourth-order valence-electron chi connectivity index (χ4n) is 2.84. The zero-order valence-electron chi connectivity index (χ0n) is 11.9. The quantitative estimate of drug-likeness (QED) is 0.567. The number of amides is 2. The van der Waals surface area contributed by atoms with Crippen LogP contribution in [-0.2, 0) is 14.3 Å². The van der Waals surface area contributed by atoms with Crippen molar-refractivity contribution in [3.8, 4) is 0 Å². The van der Waals surface area contributed by atoms with E-state index in [9.17, 15) is 9.59 Å². The first-order valence-electron chi connectivity index (χ1n) is 7.15. The summed E-state index contributed by atoms with van der Waals surface area (Å²) in [5.74, 6) is -0.244. The van der Waals surface area contributed by atoms with Gasteiger partial charge in [-0.1, -0.05) is 0 Å². The molecule has 0 aromatic rings. The molecule has 0 radical (unpaired) electrons. The number of ether oxygens (including phenoxy) is 1. The fraction of sp³-hybridized carbons (Fsp3) is 0.846. The summed E-state index contributed by atoms with van der Waals surface area (Å²) in [4.78, 5) is 25.0. The van der Waals surface area contributed by atoms with Gasteiger partial charge in [0.2, 0.25) is 11.8 Å². The highest BCUT2D eigenvalue weighted by molar-refractivity contribution is 5.82. The lowest BCUT2D eigenvalue weighted by Crippen LogP contribution is -2.50. The number of carbonyl (C=O) groups is 2. The second kappa shape index (κ2) is 7.01. The van der Waals surface area contributed by atoms with Crippen molar-refractivity contribution in [3.05, 3.63) is 0 Å². The lowest BCUT2D eigenvalue weighted by atomic mass is 10.0. The number of methoxy groups -OCH3 is 1. The summed E-state index contributed by atoms with van der Waals surface area (Å²) < 4.78 is 5.24. The van der Waals surface area contributed by atoms with Crippen LogP contribution in [0.15, 0.2) is 0 Å². The van der Waals surface area contributed by atoms with Crippen molar-refractivity contribution < 1.29 is 14.3 Å². The molecule has 2 aliphatic heterocycles. The van der Waals surface area contributed by atoms with E-state index in [1.807, 2.05) is 4.90 Å². The van der Waals surface area contributed by atoms with Gasteiger partial charge in [0.15, 0.2) is 0 Å². The Balaban J connectivity index is 1.70. The summed E-state index contributed by atoms with van der Waals surface area (Å²) in [6, 6.07) is 0.0404. The highest BCUT2D eigenvalue weighted by Crippen LogP contribution is 2.13. The summed E-state index contributed by atoms with van der Waals surface area (Å²) in [6.45, 7) is 2.63. The SMILES string of the molecule is COC1CNC(C(=O)NC2CCN(CC(N)=O)CC2)C1. The van der Waals surface area contributed by atoms with Crippen molar-refractivity contribution in [2.75, 3.05) is 33.3 Å². The molecule has 0 spiro atoms. The number of hydrogen-bond donors (Lipinski definition) is 3. The number of nitrogens with one attached hydrogen (secondary N) is 2. The van der Waals surface area contributed by atoms with E-state index >= 15 is 0 Å². The number of nitrogens with zero attached hydrogens (tertiary/aromatic N) is 1. The first-order valence-corrected chi connectivity index (χ1v) is 7.15. The molecule has 7 heteroatoms. The Morgan fingerprint density at radius 1 is 1.40 bits per heavy atom. The molecule has 2 saturated heterocycles. The minimum absolute atomic E-state index is 0.0536. The topological polar surface area (TPSA) is 96.7 Å². The fourth-order valence-corrected chi connectivity index (χ4v) is 2.84. The second-order valence-corrected chi connectivity index (χ2v) is 5.58. The zero-order chi connectivity index (χ0) is 14.5. The molecule has 0 bridgehead atoms. The van der Waals surface area contributed by atoms with Gasteiger partial charge in [0.25, 0.3) is 0 Å². The van der Waals surface area contributed by atoms with Crippen LogP contribution in [0.2, 0.25) is 0 Å². The van der Waals surface area contributed by atoms with Crippen molar-refractivity contribution in [1.29, 1.82) is 0 Å². The number of likely N-dealkylation sites (tertiary alicyclic amines) is 1. The molecule has 2 heterocycles. The van der Waals surface area contributed by atoms with Gasteiger partial charge in [0.1, 0.15) is 0 Å². The van der Waals surface area contributed by atoms with Crippen molar-refractivity contribution >= 4 is 11.8 Å². The van der Waals surface area contributed by atoms with Gasteiger partial charge in [-0.05, 0) is 19.3 Å². The number of hydrogen-bond acceptors (Lipinski definition) is 5. The van der Waals surface area contributed by atoms with Crippen molar-refractivity contribution in [2.24, 2.45) is 5.73 Å². The average molecular weight is 284 g/mol. The largest absolute Gasteiger partial charge is 0.380 e. The number of rotatable bonds is 5. The molecular weight excluding hydrogens is 260 g/mol. The maximum atomic E-state index is 12.1. The maximum Gasteiger partial charge on any atom is 0.237 e. The number of nitrogens with two attached hydrogens (primary N) is 1. The first kappa shape index (κ1) is 15.2. The smallest absolute Gasteiger partial charge is 0.237 e. The van der Waals surface area contributed by atoms with E-state index in [0.29, 0.717) is 6.54 Å². The lowest BCUT2D eigenvalue weighted by Gasteiger charge is -2.32. The summed E-state index contributed by atoms with van der Waals surface area (Å²) >= 11 is 0. The van der Waals surface area contributed by atoms with Crippen LogP contribution in [0, 0.1) is 0 Å². The van der Waals surface area contributed by atoms with E-state index < -0.39 is 0 Å². The standard InChI is InChI=1S/C13H24N4O3/c1-20-10-6-11(15-7-10)13(19)16-9-2-4-17(5-3-9)8-12(14)18/h9-11,15H,2-8H2,1H3,(H2,14,18)(H,16,19). The van der Waals surface area contributed by atoms with Crippen molar-refractivity contribution in [2.45, 2.75) is 37.5 Å². The van der Waals surface area contributed by atoms with Gasteiger partial charge < -0.3 is 21.1 Å². The Morgan fingerprint density at radius 3 is 2.65 bits per heavy atom. The van der Waals surface area contributed by atoms with Gasteiger partial charge in [-0.25, -0.2) is 0 Å². The molecule has 0 saturated carbocycles. The Labute approximate surface area is 119 Å². The molecule has 0 aliphatic carbocycles. The molecule has 7 nitrogen and oxygen atoms in total. The highest BCUT2D eigenvalue weighted by Gasteiger charge is 2.31. The lowest BCUT2D eigenvalue weighted by molar-refractivity contribution is -0.124. The summed E-state index contributed by atoms with van der Waals surface area (Å²) in [6.07, 6.45) is 2.57. The monoisotopic (exact) mass is 284 g/mol. The minimum atomic E-state index is -0.298. The molecule has 20 heavy (non-hydrogen) atoms. The van der Waals surface area contributed by atoms with Crippen LogP contribution >= 0.6 is 0 Å². The predicted octanol–water partition coefficient (Wildman–Crippen LogP) is -1.57. The van der Waals surface area contributed by atoms with Crippen LogP contribution in [-0.4, -0.2) is 68.2 Å². The third kappa shape index (κ3) is 4.16. The molecule has 2 atom stereocenters. The van der Waals surface area contributed by atoms with Gasteiger partial charge >= 0.3 is 0 Å². The van der Waals surface area contributed by atoms with Gasteiger partial charge in [0.05, 0.1) is 18.7 Å². The van der Waals surface area contributed by atoms with Crippen LogP contribution in [0.4, 0.5) is 0 Å². The van der Waals surface area contributed by atoms with E-state index in [1.54, 1.807) is 7.11 Å². The molecule has 114 valence electrons. The predicted molar refractivity (Wildman–Crippen MR) is 74.0 cm³/mol. The molecule has 2 fully saturated rings. The summed E-state index contributed by atoms with van der Waals surface area (Å²) in [7, 11) is 1.67. The molecular formula is C13H24N4O3. The Kier molecular flexibility index (Phi) is 5.33. The van der Waals surface area contributed by atoms with Gasteiger partial charge in [-0.15, -0.1) is 0 Å². The molecule has 0 aromatic heterocycles. The first-order chi connectivity index (χ1) is 9.58. The molecule has 2 aliphatic rings. The Hall–Kier alpha value is -1.18. The Bertz CT molecular complexity index is 356. The normalized spacial score (nSPS) is 28.4. The van der Waals surface area contributed by atoms with E-state index in [4.69, 9.17) is 10.5 Å². The second-order valence-electron chi connectivity index (χ2n) is 5.58. The summed E-state index contributed by atoms with van der Waals surface area (Å²) in [5.41, 5.74) is 5.18. The minimum Gasteiger partial charge on any atom is -0.380 e. The molecule has 2 unspecified atom stereocenters.